The Morgan fingerprint density at radius 3 is 2.41 bits per heavy atom. The van der Waals surface area contributed by atoms with Crippen LogP contribution in [0.5, 0.6) is 5.88 Å². The summed E-state index contributed by atoms with van der Waals surface area (Å²) in [5.41, 5.74) is 4.36. The van der Waals surface area contributed by atoms with E-state index in [-0.39, 0.29) is 6.42 Å². The van der Waals surface area contributed by atoms with Crippen LogP contribution in [0.4, 0.5) is 0 Å². The molecule has 1 aromatic heterocycles. The van der Waals surface area contributed by atoms with Gasteiger partial charge < -0.3 is 9.84 Å². The average molecular weight is 426 g/mol. The van der Waals surface area contributed by atoms with Crippen LogP contribution in [0.1, 0.15) is 30.4 Å². The van der Waals surface area contributed by atoms with Crippen LogP contribution >= 0.6 is 0 Å². The predicted octanol–water partition coefficient (Wildman–Crippen LogP) is 6.32. The number of unbranched alkanes of at least 4 members (excludes halogenated alkanes) is 1. The lowest BCUT2D eigenvalue weighted by molar-refractivity contribution is -0.137. The van der Waals surface area contributed by atoms with Crippen molar-refractivity contribution in [3.8, 4) is 17.0 Å². The minimum absolute atomic E-state index is 0.200. The smallest absolute Gasteiger partial charge is 0.303 e. The summed E-state index contributed by atoms with van der Waals surface area (Å²) in [6.07, 6.45) is 5.14. The molecule has 0 saturated heterocycles. The van der Waals surface area contributed by atoms with Crippen LogP contribution in [0.2, 0.25) is 0 Å². The molecule has 4 nitrogen and oxygen atoms in total. The lowest BCUT2D eigenvalue weighted by Crippen LogP contribution is -2.04. The number of benzene rings is 3. The minimum atomic E-state index is -0.748. The largest absolute Gasteiger partial charge is 0.481 e. The first-order chi connectivity index (χ1) is 15.7. The van der Waals surface area contributed by atoms with Crippen molar-refractivity contribution >= 4 is 16.7 Å². The van der Waals surface area contributed by atoms with Gasteiger partial charge in [0.05, 0.1) is 6.61 Å². The van der Waals surface area contributed by atoms with E-state index in [1.807, 2.05) is 36.5 Å². The number of aryl methyl sites for hydroxylation is 1. The van der Waals surface area contributed by atoms with Gasteiger partial charge in [-0.3, -0.25) is 4.79 Å². The molecule has 0 atom stereocenters. The van der Waals surface area contributed by atoms with Crippen molar-refractivity contribution in [3.63, 3.8) is 0 Å². The Kier molecular flexibility index (Phi) is 7.13. The van der Waals surface area contributed by atoms with E-state index in [9.17, 15) is 4.79 Å². The number of aromatic nitrogens is 1. The zero-order chi connectivity index (χ0) is 22.2. The van der Waals surface area contributed by atoms with E-state index in [0.29, 0.717) is 18.9 Å². The van der Waals surface area contributed by atoms with E-state index in [2.05, 4.69) is 53.5 Å². The van der Waals surface area contributed by atoms with Gasteiger partial charge in [0.15, 0.2) is 0 Å². The molecule has 0 aliphatic rings. The third kappa shape index (κ3) is 5.73. The van der Waals surface area contributed by atoms with Crippen molar-refractivity contribution in [1.82, 2.24) is 4.98 Å². The Morgan fingerprint density at radius 2 is 1.59 bits per heavy atom. The summed E-state index contributed by atoms with van der Waals surface area (Å²) in [4.78, 5) is 15.4. The molecule has 0 spiro atoms. The van der Waals surface area contributed by atoms with Crippen molar-refractivity contribution in [2.75, 3.05) is 6.61 Å². The van der Waals surface area contributed by atoms with E-state index in [1.165, 1.54) is 16.3 Å². The van der Waals surface area contributed by atoms with Crippen LogP contribution in [0.15, 0.2) is 85.1 Å². The molecule has 0 unspecified atom stereocenters. The van der Waals surface area contributed by atoms with Crippen LogP contribution in [0, 0.1) is 0 Å². The fourth-order valence-corrected chi connectivity index (χ4v) is 3.83. The number of ether oxygens (including phenoxy) is 1. The summed E-state index contributed by atoms with van der Waals surface area (Å²) < 4.78 is 6.13. The average Bonchev–Trinajstić information content (AvgIpc) is 2.83. The third-order valence-corrected chi connectivity index (χ3v) is 5.55. The molecule has 162 valence electrons. The van der Waals surface area contributed by atoms with Crippen molar-refractivity contribution in [2.45, 2.75) is 32.1 Å². The standard InChI is InChI=1S/C28H27NO3/c30-27(31)13-7-4-10-22-18-26(25-15-14-23-11-5-6-12-24(23)19-25)28(29-20-22)32-17-16-21-8-2-1-3-9-21/h1-3,5-6,8-9,11-12,14-15,18-20H,4,7,10,13,16-17H2,(H,30,31). The van der Waals surface area contributed by atoms with E-state index in [4.69, 9.17) is 9.84 Å². The summed E-state index contributed by atoms with van der Waals surface area (Å²) >= 11 is 0. The Bertz CT molecular complexity index is 1190. The Labute approximate surface area is 188 Å². The fourth-order valence-electron chi connectivity index (χ4n) is 3.83. The van der Waals surface area contributed by atoms with E-state index >= 15 is 0 Å². The van der Waals surface area contributed by atoms with Gasteiger partial charge >= 0.3 is 5.97 Å². The van der Waals surface area contributed by atoms with Crippen molar-refractivity contribution < 1.29 is 14.6 Å². The maximum absolute atomic E-state index is 10.8. The first-order valence-electron chi connectivity index (χ1n) is 11.1. The molecule has 0 saturated carbocycles. The molecule has 0 aliphatic carbocycles. The molecule has 4 rings (SSSR count). The zero-order valence-electron chi connectivity index (χ0n) is 18.0. The molecule has 1 heterocycles. The summed E-state index contributed by atoms with van der Waals surface area (Å²) in [6, 6.07) is 27.1. The molecule has 32 heavy (non-hydrogen) atoms. The molecule has 1 N–H and O–H groups in total. The monoisotopic (exact) mass is 425 g/mol. The van der Waals surface area contributed by atoms with E-state index in [0.717, 1.165) is 36.0 Å². The first-order valence-corrected chi connectivity index (χ1v) is 11.1. The highest BCUT2D eigenvalue weighted by Crippen LogP contribution is 2.32. The Balaban J connectivity index is 1.56. The van der Waals surface area contributed by atoms with Gasteiger partial charge in [0.2, 0.25) is 5.88 Å². The lowest BCUT2D eigenvalue weighted by atomic mass is 9.99. The SMILES string of the molecule is O=C(O)CCCCc1cnc(OCCc2ccccc2)c(-c2ccc3ccccc3c2)c1. The van der Waals surface area contributed by atoms with Gasteiger partial charge in [-0.05, 0) is 58.9 Å². The number of carboxylic acid groups (broad SMARTS) is 1. The van der Waals surface area contributed by atoms with E-state index in [1.54, 1.807) is 0 Å². The maximum atomic E-state index is 10.8. The van der Waals surface area contributed by atoms with Crippen molar-refractivity contribution in [2.24, 2.45) is 0 Å². The molecule has 0 bridgehead atoms. The lowest BCUT2D eigenvalue weighted by Gasteiger charge is -2.13. The summed E-state index contributed by atoms with van der Waals surface area (Å²) in [5, 5.41) is 11.2. The van der Waals surface area contributed by atoms with Gasteiger partial charge in [-0.25, -0.2) is 4.98 Å². The number of aliphatic carboxylic acids is 1. The Hall–Kier alpha value is -3.66. The third-order valence-electron chi connectivity index (χ3n) is 5.55. The van der Waals surface area contributed by atoms with Crippen molar-refractivity contribution in [1.29, 1.82) is 0 Å². The van der Waals surface area contributed by atoms with Gasteiger partial charge in [-0.1, -0.05) is 66.7 Å². The predicted molar refractivity (Wildman–Crippen MR) is 128 cm³/mol. The highest BCUT2D eigenvalue weighted by atomic mass is 16.5. The summed E-state index contributed by atoms with van der Waals surface area (Å²) in [5.74, 6) is -0.118. The van der Waals surface area contributed by atoms with Gasteiger partial charge in [0.1, 0.15) is 0 Å². The molecular weight excluding hydrogens is 398 g/mol. The topological polar surface area (TPSA) is 59.4 Å². The number of carboxylic acids is 1. The quantitative estimate of drug-likeness (QED) is 0.302. The highest BCUT2D eigenvalue weighted by molar-refractivity contribution is 5.88. The van der Waals surface area contributed by atoms with Gasteiger partial charge in [0, 0.05) is 24.6 Å². The fraction of sp³-hybridized carbons (Fsp3) is 0.214. The molecule has 0 aliphatic heterocycles. The summed E-state index contributed by atoms with van der Waals surface area (Å²) in [7, 11) is 0. The van der Waals surface area contributed by atoms with Crippen molar-refractivity contribution in [3.05, 3.63) is 96.2 Å². The number of rotatable bonds is 10. The second-order valence-electron chi connectivity index (χ2n) is 7.94. The number of hydrogen-bond donors (Lipinski definition) is 1. The van der Waals surface area contributed by atoms with Gasteiger partial charge in [-0.15, -0.1) is 0 Å². The normalized spacial score (nSPS) is 10.9. The first kappa shape index (κ1) is 21.6. The molecule has 0 amide bonds. The van der Waals surface area contributed by atoms with Gasteiger partial charge in [0.25, 0.3) is 0 Å². The molecule has 0 fully saturated rings. The molecule has 4 aromatic rings. The van der Waals surface area contributed by atoms with Gasteiger partial charge in [-0.2, -0.15) is 0 Å². The zero-order valence-corrected chi connectivity index (χ0v) is 18.0. The number of carbonyl (C=O) groups is 1. The van der Waals surface area contributed by atoms with Crippen LogP contribution < -0.4 is 4.74 Å². The number of nitrogens with zero attached hydrogens (tertiary/aromatic N) is 1. The highest BCUT2D eigenvalue weighted by Gasteiger charge is 2.11. The van der Waals surface area contributed by atoms with Crippen LogP contribution in [0.25, 0.3) is 21.9 Å². The number of hydrogen-bond acceptors (Lipinski definition) is 3. The Morgan fingerprint density at radius 1 is 0.812 bits per heavy atom. The van der Waals surface area contributed by atoms with Crippen LogP contribution in [-0.2, 0) is 17.6 Å². The minimum Gasteiger partial charge on any atom is -0.481 e. The second-order valence-corrected chi connectivity index (χ2v) is 7.94. The molecule has 4 heteroatoms. The van der Waals surface area contributed by atoms with Crippen LogP contribution in [-0.4, -0.2) is 22.7 Å². The molecule has 3 aromatic carbocycles. The summed E-state index contributed by atoms with van der Waals surface area (Å²) in [6.45, 7) is 0.551. The second kappa shape index (κ2) is 10.6. The molecular formula is C28H27NO3. The maximum Gasteiger partial charge on any atom is 0.303 e. The van der Waals surface area contributed by atoms with Crippen LogP contribution in [0.3, 0.4) is 0 Å². The van der Waals surface area contributed by atoms with E-state index < -0.39 is 5.97 Å². The molecule has 0 radical (unpaired) electrons. The number of fused-ring (bicyclic) bond motifs is 1. The number of pyridine rings is 1.